The summed E-state index contributed by atoms with van der Waals surface area (Å²) in [6, 6.07) is 9.95. The lowest BCUT2D eigenvalue weighted by molar-refractivity contribution is -0.127. The predicted octanol–water partition coefficient (Wildman–Crippen LogP) is 2.21. The molecule has 0 aliphatic carbocycles. The maximum absolute atomic E-state index is 12.3. The quantitative estimate of drug-likeness (QED) is 0.822. The number of hydrogen-bond donors (Lipinski definition) is 2. The van der Waals surface area contributed by atoms with Crippen molar-refractivity contribution in [1.29, 1.82) is 0 Å². The van der Waals surface area contributed by atoms with Crippen LogP contribution in [0.3, 0.4) is 0 Å². The first-order valence-electron chi connectivity index (χ1n) is 7.57. The molecule has 2 heterocycles. The van der Waals surface area contributed by atoms with E-state index in [0.717, 1.165) is 5.56 Å². The number of benzene rings is 1. The Morgan fingerprint density at radius 3 is 2.84 bits per heavy atom. The predicted molar refractivity (Wildman–Crippen MR) is 95.4 cm³/mol. The highest BCUT2D eigenvalue weighted by Crippen LogP contribution is 2.27. The highest BCUT2D eigenvalue weighted by Gasteiger charge is 2.25. The molecule has 128 valence electrons. The lowest BCUT2D eigenvalue weighted by Gasteiger charge is -2.25. The number of halogens is 1. The molecule has 0 bridgehead atoms. The molecule has 0 saturated carbocycles. The van der Waals surface area contributed by atoms with E-state index in [0.29, 0.717) is 16.4 Å². The van der Waals surface area contributed by atoms with Gasteiger partial charge in [0.25, 0.3) is 5.91 Å². The average Bonchev–Trinajstić information content (AvgIpc) is 2.60. The molecule has 0 fully saturated rings. The molecular weight excluding hydrogens is 342 g/mol. The fourth-order valence-electron chi connectivity index (χ4n) is 2.45. The van der Waals surface area contributed by atoms with E-state index in [1.54, 1.807) is 37.4 Å². The van der Waals surface area contributed by atoms with Crippen molar-refractivity contribution in [1.82, 2.24) is 9.88 Å². The van der Waals surface area contributed by atoms with Crippen LogP contribution >= 0.6 is 11.6 Å². The number of nitrogens with zero attached hydrogens (tertiary/aromatic N) is 3. The molecule has 1 aliphatic rings. The summed E-state index contributed by atoms with van der Waals surface area (Å²) in [5.74, 6) is -0.217. The van der Waals surface area contributed by atoms with Crippen molar-refractivity contribution in [3.05, 3.63) is 58.9 Å². The number of aromatic nitrogens is 1. The second-order valence-electron chi connectivity index (χ2n) is 5.61. The fraction of sp³-hybridized carbons (Fsp3) is 0.176. The third kappa shape index (κ3) is 3.77. The van der Waals surface area contributed by atoms with Gasteiger partial charge in [-0.25, -0.2) is 9.98 Å². The summed E-state index contributed by atoms with van der Waals surface area (Å²) in [7, 11) is 1.59. The smallest absolute Gasteiger partial charge is 0.257 e. The van der Waals surface area contributed by atoms with Gasteiger partial charge in [0.15, 0.2) is 5.96 Å². The summed E-state index contributed by atoms with van der Waals surface area (Å²) in [6.07, 6.45) is 1.64. The molecule has 2 amide bonds. The van der Waals surface area contributed by atoms with Gasteiger partial charge in [0.05, 0.1) is 18.0 Å². The zero-order valence-corrected chi connectivity index (χ0v) is 14.2. The molecule has 1 aliphatic heterocycles. The molecule has 7 nitrogen and oxygen atoms in total. The summed E-state index contributed by atoms with van der Waals surface area (Å²) in [6.45, 7) is 0. The number of amides is 2. The van der Waals surface area contributed by atoms with Crippen LogP contribution in [0.1, 0.15) is 28.4 Å². The fourth-order valence-corrected chi connectivity index (χ4v) is 2.56. The summed E-state index contributed by atoms with van der Waals surface area (Å²) in [5.41, 5.74) is 7.56. The molecule has 1 atom stereocenters. The van der Waals surface area contributed by atoms with Gasteiger partial charge in [0.1, 0.15) is 5.15 Å². The van der Waals surface area contributed by atoms with Crippen molar-refractivity contribution in [3.8, 4) is 0 Å². The Bertz CT molecular complexity index is 850. The minimum atomic E-state index is -0.363. The second kappa shape index (κ2) is 6.90. The molecule has 0 radical (unpaired) electrons. The number of nitrogens with one attached hydrogen (secondary N) is 1. The van der Waals surface area contributed by atoms with Gasteiger partial charge in [0, 0.05) is 18.9 Å². The zero-order chi connectivity index (χ0) is 18.0. The summed E-state index contributed by atoms with van der Waals surface area (Å²) in [5, 5.41) is 3.11. The lowest BCUT2D eigenvalue weighted by atomic mass is 10.0. The van der Waals surface area contributed by atoms with E-state index in [4.69, 9.17) is 17.3 Å². The molecule has 25 heavy (non-hydrogen) atoms. The van der Waals surface area contributed by atoms with Crippen molar-refractivity contribution in [2.24, 2.45) is 10.7 Å². The number of aliphatic imine (C=N–C) groups is 1. The Morgan fingerprint density at radius 1 is 1.36 bits per heavy atom. The van der Waals surface area contributed by atoms with Crippen LogP contribution in [-0.2, 0) is 4.79 Å². The first-order valence-corrected chi connectivity index (χ1v) is 7.94. The molecule has 1 unspecified atom stereocenters. The Hall–Kier alpha value is -2.93. The first-order chi connectivity index (χ1) is 11.9. The molecule has 1 aromatic heterocycles. The monoisotopic (exact) mass is 357 g/mol. The SMILES string of the molecule is CN1C(=O)CC(c2cccc(NC(=O)c3ccc(Cl)nc3)c2)N=C1N. The van der Waals surface area contributed by atoms with Crippen LogP contribution < -0.4 is 11.1 Å². The van der Waals surface area contributed by atoms with Crippen molar-refractivity contribution in [3.63, 3.8) is 0 Å². The highest BCUT2D eigenvalue weighted by molar-refractivity contribution is 6.29. The third-order valence-corrected chi connectivity index (χ3v) is 4.12. The minimum Gasteiger partial charge on any atom is -0.369 e. The van der Waals surface area contributed by atoms with E-state index in [1.807, 2.05) is 6.07 Å². The van der Waals surface area contributed by atoms with Gasteiger partial charge >= 0.3 is 0 Å². The molecule has 2 aromatic rings. The van der Waals surface area contributed by atoms with Crippen LogP contribution in [0.2, 0.25) is 5.15 Å². The van der Waals surface area contributed by atoms with Crippen LogP contribution in [-0.4, -0.2) is 34.7 Å². The Morgan fingerprint density at radius 2 is 2.16 bits per heavy atom. The van der Waals surface area contributed by atoms with Gasteiger partial charge in [-0.15, -0.1) is 0 Å². The molecule has 8 heteroatoms. The zero-order valence-electron chi connectivity index (χ0n) is 13.4. The number of hydrogen-bond acceptors (Lipinski definition) is 5. The topological polar surface area (TPSA) is 101 Å². The standard InChI is InChI=1S/C17H16ClN5O2/c1-23-15(24)8-13(22-17(23)19)10-3-2-4-12(7-10)21-16(25)11-5-6-14(18)20-9-11/h2-7,9,13H,8H2,1H3,(H2,19,22)(H,21,25). The normalized spacial score (nSPS) is 17.2. The van der Waals surface area contributed by atoms with E-state index >= 15 is 0 Å². The van der Waals surface area contributed by atoms with E-state index in [1.165, 1.54) is 11.1 Å². The average molecular weight is 358 g/mol. The lowest BCUT2D eigenvalue weighted by Crippen LogP contribution is -2.42. The number of nitrogens with two attached hydrogens (primary N) is 1. The van der Waals surface area contributed by atoms with Gasteiger partial charge in [0.2, 0.25) is 5.91 Å². The van der Waals surface area contributed by atoms with Crippen LogP contribution in [0, 0.1) is 0 Å². The maximum atomic E-state index is 12.3. The number of carbonyl (C=O) groups excluding carboxylic acids is 2. The Labute approximate surface area is 149 Å². The number of pyridine rings is 1. The summed E-state index contributed by atoms with van der Waals surface area (Å²) >= 11 is 5.72. The molecule has 0 saturated heterocycles. The van der Waals surface area contributed by atoms with Crippen molar-refractivity contribution in [2.75, 3.05) is 12.4 Å². The minimum absolute atomic E-state index is 0.0980. The van der Waals surface area contributed by atoms with E-state index in [9.17, 15) is 9.59 Å². The Kier molecular flexibility index (Phi) is 4.67. The van der Waals surface area contributed by atoms with Crippen LogP contribution in [0.25, 0.3) is 0 Å². The van der Waals surface area contributed by atoms with Gasteiger partial charge in [-0.1, -0.05) is 23.7 Å². The van der Waals surface area contributed by atoms with Crippen molar-refractivity contribution >= 4 is 35.1 Å². The number of carbonyl (C=O) groups is 2. The number of rotatable bonds is 3. The van der Waals surface area contributed by atoms with Crippen LogP contribution in [0.15, 0.2) is 47.6 Å². The van der Waals surface area contributed by atoms with Gasteiger partial charge in [-0.05, 0) is 29.8 Å². The van der Waals surface area contributed by atoms with Crippen LogP contribution in [0.4, 0.5) is 5.69 Å². The largest absolute Gasteiger partial charge is 0.369 e. The first kappa shape index (κ1) is 16.9. The van der Waals surface area contributed by atoms with Gasteiger partial charge in [-0.2, -0.15) is 0 Å². The highest BCUT2D eigenvalue weighted by atomic mass is 35.5. The molecule has 0 spiro atoms. The summed E-state index contributed by atoms with van der Waals surface area (Å²) < 4.78 is 0. The van der Waals surface area contributed by atoms with Crippen molar-refractivity contribution in [2.45, 2.75) is 12.5 Å². The molecule has 3 rings (SSSR count). The molecular formula is C17H16ClN5O2. The maximum Gasteiger partial charge on any atom is 0.257 e. The Balaban J connectivity index is 1.79. The van der Waals surface area contributed by atoms with Crippen LogP contribution in [0.5, 0.6) is 0 Å². The van der Waals surface area contributed by atoms with Gasteiger partial charge < -0.3 is 11.1 Å². The number of anilines is 1. The van der Waals surface area contributed by atoms with Gasteiger partial charge in [-0.3, -0.25) is 14.5 Å². The van der Waals surface area contributed by atoms with E-state index < -0.39 is 0 Å². The second-order valence-corrected chi connectivity index (χ2v) is 6.00. The number of guanidine groups is 1. The molecule has 3 N–H and O–H groups in total. The van der Waals surface area contributed by atoms with E-state index in [-0.39, 0.29) is 30.2 Å². The summed E-state index contributed by atoms with van der Waals surface area (Å²) in [4.78, 5) is 33.7. The molecule has 1 aromatic carbocycles. The van der Waals surface area contributed by atoms with Crippen molar-refractivity contribution < 1.29 is 9.59 Å². The third-order valence-electron chi connectivity index (χ3n) is 3.89. The van der Waals surface area contributed by atoms with E-state index in [2.05, 4.69) is 15.3 Å².